The molecule has 0 aromatic heterocycles. The van der Waals surface area contributed by atoms with E-state index in [1.54, 1.807) is 32.4 Å². The zero-order valence-electron chi connectivity index (χ0n) is 15.4. The zero-order valence-corrected chi connectivity index (χ0v) is 15.4. The lowest BCUT2D eigenvalue weighted by molar-refractivity contribution is -0.150. The molecule has 0 saturated carbocycles. The number of ether oxygens (including phenoxy) is 2. The summed E-state index contributed by atoms with van der Waals surface area (Å²) in [5.74, 6) is -0.598. The number of aliphatic carboxylic acids is 1. The second kappa shape index (κ2) is 8.56. The lowest BCUT2D eigenvalue weighted by atomic mass is 9.91. The van der Waals surface area contributed by atoms with Crippen molar-refractivity contribution in [3.63, 3.8) is 0 Å². The van der Waals surface area contributed by atoms with Crippen molar-refractivity contribution in [1.82, 2.24) is 4.90 Å². The average molecular weight is 359 g/mol. The Hall–Kier alpha value is -2.76. The Morgan fingerprint density at radius 3 is 2.65 bits per heavy atom. The Morgan fingerprint density at radius 1 is 1.35 bits per heavy atom. The van der Waals surface area contributed by atoms with Crippen LogP contribution < -0.4 is 9.47 Å². The summed E-state index contributed by atoms with van der Waals surface area (Å²) in [6, 6.07) is 2.80. The summed E-state index contributed by atoms with van der Waals surface area (Å²) in [5, 5.41) is 9.45. The van der Waals surface area contributed by atoms with E-state index in [1.807, 2.05) is 19.1 Å². The summed E-state index contributed by atoms with van der Waals surface area (Å²) in [7, 11) is 3.11. The molecule has 26 heavy (non-hydrogen) atoms. The van der Waals surface area contributed by atoms with E-state index in [0.717, 1.165) is 11.1 Å². The van der Waals surface area contributed by atoms with Crippen molar-refractivity contribution in [2.45, 2.75) is 31.7 Å². The normalized spacial score (nSPS) is 17.5. The van der Waals surface area contributed by atoms with Crippen LogP contribution in [0.4, 0.5) is 0 Å². The number of carbonyl (C=O) groups is 2. The Kier molecular flexibility index (Phi) is 6.44. The first-order chi connectivity index (χ1) is 12.4. The van der Waals surface area contributed by atoms with Gasteiger partial charge in [-0.2, -0.15) is 0 Å². The van der Waals surface area contributed by atoms with Crippen LogP contribution in [0.3, 0.4) is 0 Å². The largest absolute Gasteiger partial charge is 0.493 e. The summed E-state index contributed by atoms with van der Waals surface area (Å²) in [6.07, 6.45) is 6.01. The number of benzene rings is 1. The van der Waals surface area contributed by atoms with E-state index in [4.69, 9.17) is 9.47 Å². The molecule has 1 amide bonds. The van der Waals surface area contributed by atoms with E-state index < -0.39 is 17.9 Å². The summed E-state index contributed by atoms with van der Waals surface area (Å²) in [4.78, 5) is 26.1. The maximum atomic E-state index is 13.2. The van der Waals surface area contributed by atoms with Gasteiger partial charge in [-0.15, -0.1) is 6.58 Å². The molecule has 6 nitrogen and oxygen atoms in total. The van der Waals surface area contributed by atoms with Crippen LogP contribution in [0.2, 0.25) is 0 Å². The van der Waals surface area contributed by atoms with Gasteiger partial charge in [0.2, 0.25) is 5.91 Å². The van der Waals surface area contributed by atoms with Crippen LogP contribution in [-0.4, -0.2) is 48.7 Å². The Labute approximate surface area is 153 Å². The van der Waals surface area contributed by atoms with Gasteiger partial charge in [0.05, 0.1) is 20.1 Å². The van der Waals surface area contributed by atoms with Crippen molar-refractivity contribution in [3.8, 4) is 11.5 Å². The summed E-state index contributed by atoms with van der Waals surface area (Å²) in [5.41, 5.74) is 1.60. The molecule has 6 heteroatoms. The quantitative estimate of drug-likeness (QED) is 0.758. The molecule has 1 aliphatic rings. The van der Waals surface area contributed by atoms with Crippen LogP contribution in [0.25, 0.3) is 0 Å². The van der Waals surface area contributed by atoms with E-state index in [2.05, 4.69) is 6.58 Å². The number of methoxy groups -OCH3 is 2. The third kappa shape index (κ3) is 3.90. The molecule has 0 unspecified atom stereocenters. The average Bonchev–Trinajstić information content (AvgIpc) is 2.64. The van der Waals surface area contributed by atoms with E-state index in [-0.39, 0.29) is 12.5 Å². The van der Waals surface area contributed by atoms with Crippen molar-refractivity contribution >= 4 is 11.9 Å². The maximum Gasteiger partial charge on any atom is 0.326 e. The summed E-state index contributed by atoms with van der Waals surface area (Å²) >= 11 is 0. The molecule has 1 heterocycles. The van der Waals surface area contributed by atoms with Crippen LogP contribution in [0.5, 0.6) is 11.5 Å². The molecule has 0 spiro atoms. The molecule has 1 N–H and O–H groups in total. The minimum Gasteiger partial charge on any atom is -0.493 e. The Balaban J connectivity index is 2.43. The van der Waals surface area contributed by atoms with Gasteiger partial charge in [-0.1, -0.05) is 24.3 Å². The topological polar surface area (TPSA) is 76.1 Å². The highest BCUT2D eigenvalue weighted by molar-refractivity contribution is 5.89. The van der Waals surface area contributed by atoms with Crippen LogP contribution in [-0.2, 0) is 9.59 Å². The Bertz CT molecular complexity index is 725. The third-order valence-corrected chi connectivity index (χ3v) is 4.56. The maximum absolute atomic E-state index is 13.2. The monoisotopic (exact) mass is 359 g/mol. The first-order valence-electron chi connectivity index (χ1n) is 8.46. The van der Waals surface area contributed by atoms with Gasteiger partial charge in [-0.25, -0.2) is 4.79 Å². The molecule has 0 aliphatic carbocycles. The minimum absolute atomic E-state index is 0.228. The van der Waals surface area contributed by atoms with Crippen molar-refractivity contribution in [2.75, 3.05) is 20.8 Å². The molecule has 140 valence electrons. The number of aryl methyl sites for hydroxylation is 1. The third-order valence-electron chi connectivity index (χ3n) is 4.56. The van der Waals surface area contributed by atoms with Crippen molar-refractivity contribution < 1.29 is 24.2 Å². The standard InChI is InChI=1S/C20H25NO5/c1-5-8-15(14-11-13(2)18(26-4)17(12-14)25-3)19(22)21-10-7-6-9-16(21)20(23)24/h5-7,11-12,15-16H,1,8-10H2,2-4H3,(H,23,24)/t15-,16-/m0/s1. The number of allylic oxidation sites excluding steroid dienone is 1. The predicted molar refractivity (Wildman–Crippen MR) is 98.7 cm³/mol. The number of hydrogen-bond acceptors (Lipinski definition) is 4. The minimum atomic E-state index is -0.997. The molecular weight excluding hydrogens is 334 g/mol. The lowest BCUT2D eigenvalue weighted by Gasteiger charge is -2.33. The van der Waals surface area contributed by atoms with E-state index in [1.165, 1.54) is 4.90 Å². The highest BCUT2D eigenvalue weighted by Crippen LogP contribution is 2.36. The molecule has 0 fully saturated rings. The summed E-state index contributed by atoms with van der Waals surface area (Å²) < 4.78 is 10.7. The van der Waals surface area contributed by atoms with Gasteiger partial charge >= 0.3 is 5.97 Å². The molecule has 2 atom stereocenters. The summed E-state index contributed by atoms with van der Waals surface area (Å²) in [6.45, 7) is 5.92. The fourth-order valence-electron chi connectivity index (χ4n) is 3.27. The number of amides is 1. The second-order valence-electron chi connectivity index (χ2n) is 6.20. The van der Waals surface area contributed by atoms with E-state index in [9.17, 15) is 14.7 Å². The molecular formula is C20H25NO5. The number of carboxylic acids is 1. The highest BCUT2D eigenvalue weighted by atomic mass is 16.5. The van der Waals surface area contributed by atoms with Gasteiger partial charge in [0.25, 0.3) is 0 Å². The molecule has 1 aromatic rings. The predicted octanol–water partition coefficient (Wildman–Crippen LogP) is 2.91. The van der Waals surface area contributed by atoms with Gasteiger partial charge in [0.15, 0.2) is 11.5 Å². The first-order valence-corrected chi connectivity index (χ1v) is 8.46. The van der Waals surface area contributed by atoms with Crippen LogP contribution in [0.15, 0.2) is 36.9 Å². The van der Waals surface area contributed by atoms with Gasteiger partial charge in [-0.3, -0.25) is 4.79 Å². The van der Waals surface area contributed by atoms with Gasteiger partial charge in [-0.05, 0) is 37.0 Å². The molecule has 2 rings (SSSR count). The SMILES string of the molecule is C=CC[C@H](C(=O)N1CC=CC[C@H]1C(=O)O)c1cc(C)c(OC)c(OC)c1. The number of carbonyl (C=O) groups excluding carboxylic acids is 1. The van der Waals surface area contributed by atoms with Crippen LogP contribution in [0.1, 0.15) is 29.9 Å². The number of carboxylic acid groups (broad SMARTS) is 1. The smallest absolute Gasteiger partial charge is 0.326 e. The number of hydrogen-bond donors (Lipinski definition) is 1. The first kappa shape index (κ1) is 19.6. The highest BCUT2D eigenvalue weighted by Gasteiger charge is 2.34. The fourth-order valence-corrected chi connectivity index (χ4v) is 3.27. The molecule has 1 aliphatic heterocycles. The number of rotatable bonds is 7. The molecule has 0 saturated heterocycles. The fraction of sp³-hybridized carbons (Fsp3) is 0.400. The second-order valence-corrected chi connectivity index (χ2v) is 6.20. The lowest BCUT2D eigenvalue weighted by Crippen LogP contribution is -2.48. The molecule has 1 aromatic carbocycles. The van der Waals surface area contributed by atoms with Crippen molar-refractivity contribution in [2.24, 2.45) is 0 Å². The molecule has 0 bridgehead atoms. The van der Waals surface area contributed by atoms with E-state index in [0.29, 0.717) is 24.3 Å². The number of nitrogens with zero attached hydrogens (tertiary/aromatic N) is 1. The van der Waals surface area contributed by atoms with Crippen molar-refractivity contribution in [3.05, 3.63) is 48.1 Å². The Morgan fingerprint density at radius 2 is 2.08 bits per heavy atom. The van der Waals surface area contributed by atoms with Crippen LogP contribution in [0, 0.1) is 6.92 Å². The van der Waals surface area contributed by atoms with Gasteiger partial charge in [0.1, 0.15) is 6.04 Å². The van der Waals surface area contributed by atoms with Gasteiger partial charge in [0, 0.05) is 6.54 Å². The molecule has 0 radical (unpaired) electrons. The van der Waals surface area contributed by atoms with Crippen molar-refractivity contribution in [1.29, 1.82) is 0 Å². The van der Waals surface area contributed by atoms with Crippen LogP contribution >= 0.6 is 0 Å². The van der Waals surface area contributed by atoms with E-state index >= 15 is 0 Å². The zero-order chi connectivity index (χ0) is 19.3. The van der Waals surface area contributed by atoms with Gasteiger partial charge < -0.3 is 19.5 Å².